The first-order valence-electron chi connectivity index (χ1n) is 8.14. The van der Waals surface area contributed by atoms with Crippen molar-refractivity contribution < 1.29 is 14.6 Å². The van der Waals surface area contributed by atoms with Crippen LogP contribution in [0.4, 0.5) is 0 Å². The lowest BCUT2D eigenvalue weighted by molar-refractivity contribution is -0.172. The zero-order valence-electron chi connectivity index (χ0n) is 14.0. The van der Waals surface area contributed by atoms with Crippen molar-refractivity contribution in [1.82, 2.24) is 4.57 Å². The molecule has 0 saturated heterocycles. The molecule has 25 heavy (non-hydrogen) atoms. The highest BCUT2D eigenvalue weighted by Crippen LogP contribution is 2.49. The first-order valence-corrected chi connectivity index (χ1v) is 8.93. The van der Waals surface area contributed by atoms with E-state index in [1.165, 1.54) is 7.11 Å². The highest BCUT2D eigenvalue weighted by molar-refractivity contribution is 9.10. The summed E-state index contributed by atoms with van der Waals surface area (Å²) in [7, 11) is 1.31. The van der Waals surface area contributed by atoms with Gasteiger partial charge in [-0.15, -0.1) is 0 Å². The van der Waals surface area contributed by atoms with Crippen LogP contribution in [0.15, 0.2) is 53.0 Å². The van der Waals surface area contributed by atoms with Crippen LogP contribution in [0.1, 0.15) is 29.2 Å². The number of esters is 1. The van der Waals surface area contributed by atoms with Crippen LogP contribution in [0, 0.1) is 6.92 Å². The summed E-state index contributed by atoms with van der Waals surface area (Å²) >= 11 is 3.46. The second kappa shape index (κ2) is 5.71. The number of carbonyl (C=O) groups excluding carboxylic acids is 1. The van der Waals surface area contributed by atoms with E-state index < -0.39 is 11.7 Å². The minimum atomic E-state index is -1.70. The molecule has 0 fully saturated rings. The summed E-state index contributed by atoms with van der Waals surface area (Å²) in [5, 5.41) is 12.3. The minimum Gasteiger partial charge on any atom is -0.465 e. The van der Waals surface area contributed by atoms with E-state index in [1.807, 2.05) is 55.5 Å². The third kappa shape index (κ3) is 2.26. The molecule has 0 saturated carbocycles. The van der Waals surface area contributed by atoms with Gasteiger partial charge in [0.25, 0.3) is 0 Å². The highest BCUT2D eigenvalue weighted by Gasteiger charge is 2.51. The zero-order chi connectivity index (χ0) is 17.8. The van der Waals surface area contributed by atoms with Gasteiger partial charge in [0.05, 0.1) is 12.6 Å². The molecule has 5 heteroatoms. The van der Waals surface area contributed by atoms with Gasteiger partial charge in [-0.05, 0) is 36.2 Å². The lowest BCUT2D eigenvalue weighted by atomic mass is 9.89. The average molecular weight is 400 g/mol. The number of hydrogen-bond donors (Lipinski definition) is 1. The molecule has 0 radical (unpaired) electrons. The van der Waals surface area contributed by atoms with E-state index in [4.69, 9.17) is 4.74 Å². The normalized spacial score (nSPS) is 22.2. The third-order valence-electron chi connectivity index (χ3n) is 5.15. The fraction of sp³-hybridized carbons (Fsp3) is 0.250. The van der Waals surface area contributed by atoms with Crippen molar-refractivity contribution in [2.24, 2.45) is 0 Å². The molecule has 2 heterocycles. The number of nitrogens with zero attached hydrogens (tertiary/aromatic N) is 1. The standard InChI is InChI=1S/C20H18BrNO3/c1-12-15-5-3-4-6-17(15)22-18(12)16(11-20(22,24)19(23)25-2)13-7-9-14(21)10-8-13/h3-10,16,24H,11H2,1-2H3/t16-,20+/m1/s1. The number of fused-ring (bicyclic) bond motifs is 3. The van der Waals surface area contributed by atoms with Crippen molar-refractivity contribution >= 4 is 32.8 Å². The van der Waals surface area contributed by atoms with Crippen molar-refractivity contribution in [3.63, 3.8) is 0 Å². The Bertz CT molecular complexity index is 977. The second-order valence-electron chi connectivity index (χ2n) is 6.48. The Labute approximate surface area is 154 Å². The third-order valence-corrected chi connectivity index (χ3v) is 5.68. The summed E-state index contributed by atoms with van der Waals surface area (Å²) < 4.78 is 7.69. The number of halogens is 1. The van der Waals surface area contributed by atoms with Gasteiger partial charge >= 0.3 is 5.97 Å². The molecule has 0 aliphatic carbocycles. The molecule has 4 rings (SSSR count). The Hall–Kier alpha value is -2.11. The lowest BCUT2D eigenvalue weighted by Crippen LogP contribution is -2.40. The Morgan fingerprint density at radius 3 is 2.60 bits per heavy atom. The summed E-state index contributed by atoms with van der Waals surface area (Å²) in [6.45, 7) is 2.04. The summed E-state index contributed by atoms with van der Waals surface area (Å²) in [4.78, 5) is 12.5. The number of aliphatic hydroxyl groups is 1. The van der Waals surface area contributed by atoms with E-state index in [0.29, 0.717) is 0 Å². The van der Waals surface area contributed by atoms with E-state index in [2.05, 4.69) is 15.9 Å². The van der Waals surface area contributed by atoms with Crippen LogP contribution in [0.5, 0.6) is 0 Å². The van der Waals surface area contributed by atoms with Crippen molar-refractivity contribution in [3.8, 4) is 0 Å². The number of ether oxygens (including phenoxy) is 1. The smallest absolute Gasteiger partial charge is 0.359 e. The van der Waals surface area contributed by atoms with Gasteiger partial charge < -0.3 is 14.4 Å². The minimum absolute atomic E-state index is 0.0791. The fourth-order valence-electron chi connectivity index (χ4n) is 4.02. The van der Waals surface area contributed by atoms with E-state index in [0.717, 1.165) is 32.2 Å². The Kier molecular flexibility index (Phi) is 3.74. The molecule has 1 N–H and O–H groups in total. The molecular formula is C20H18BrNO3. The molecule has 3 aromatic rings. The topological polar surface area (TPSA) is 51.5 Å². The first-order chi connectivity index (χ1) is 12.0. The highest BCUT2D eigenvalue weighted by atomic mass is 79.9. The number of para-hydroxylation sites is 1. The monoisotopic (exact) mass is 399 g/mol. The van der Waals surface area contributed by atoms with Gasteiger partial charge in [-0.25, -0.2) is 4.79 Å². The Morgan fingerprint density at radius 2 is 1.92 bits per heavy atom. The maximum absolute atomic E-state index is 12.5. The van der Waals surface area contributed by atoms with Crippen LogP contribution in [0.2, 0.25) is 0 Å². The second-order valence-corrected chi connectivity index (χ2v) is 7.39. The van der Waals surface area contributed by atoms with Crippen molar-refractivity contribution in [2.75, 3.05) is 7.11 Å². The quantitative estimate of drug-likeness (QED) is 0.660. The number of carbonyl (C=O) groups is 1. The number of hydrogen-bond acceptors (Lipinski definition) is 3. The molecular weight excluding hydrogens is 382 g/mol. The van der Waals surface area contributed by atoms with Crippen molar-refractivity contribution in [2.45, 2.75) is 25.0 Å². The molecule has 1 aliphatic rings. The van der Waals surface area contributed by atoms with E-state index >= 15 is 0 Å². The number of aromatic nitrogens is 1. The van der Waals surface area contributed by atoms with Crippen LogP contribution in [-0.2, 0) is 15.3 Å². The summed E-state index contributed by atoms with van der Waals surface area (Å²) in [5.41, 5.74) is 2.27. The Morgan fingerprint density at radius 1 is 1.24 bits per heavy atom. The summed E-state index contributed by atoms with van der Waals surface area (Å²) in [6.07, 6.45) is 0.266. The lowest BCUT2D eigenvalue weighted by Gasteiger charge is -2.23. The largest absolute Gasteiger partial charge is 0.465 e. The van der Waals surface area contributed by atoms with Crippen LogP contribution in [-0.4, -0.2) is 22.8 Å². The van der Waals surface area contributed by atoms with Gasteiger partial charge in [0.2, 0.25) is 5.72 Å². The molecule has 0 bridgehead atoms. The van der Waals surface area contributed by atoms with Gasteiger partial charge in [-0.3, -0.25) is 0 Å². The van der Waals surface area contributed by atoms with Gasteiger partial charge in [0.15, 0.2) is 0 Å². The molecule has 2 atom stereocenters. The number of rotatable bonds is 2. The summed E-state index contributed by atoms with van der Waals surface area (Å²) in [6, 6.07) is 15.9. The van der Waals surface area contributed by atoms with Crippen molar-refractivity contribution in [3.05, 3.63) is 69.8 Å². The molecule has 1 aliphatic heterocycles. The molecule has 1 aromatic heterocycles. The SMILES string of the molecule is COC(=O)[C@@]1(O)C[C@H](c2ccc(Br)cc2)c2c(C)c3ccccc3n21. The predicted molar refractivity (Wildman–Crippen MR) is 99.5 cm³/mol. The number of benzene rings is 2. The average Bonchev–Trinajstić information content (AvgIpc) is 3.10. The molecule has 0 unspecified atom stereocenters. The zero-order valence-corrected chi connectivity index (χ0v) is 15.6. The van der Waals surface area contributed by atoms with E-state index in [9.17, 15) is 9.90 Å². The number of methoxy groups -OCH3 is 1. The van der Waals surface area contributed by atoms with Gasteiger partial charge in [0, 0.05) is 27.9 Å². The van der Waals surface area contributed by atoms with E-state index in [1.54, 1.807) is 4.57 Å². The van der Waals surface area contributed by atoms with Gasteiger partial charge in [0.1, 0.15) is 0 Å². The maximum atomic E-state index is 12.5. The Balaban J connectivity index is 2.01. The number of aryl methyl sites for hydroxylation is 1. The van der Waals surface area contributed by atoms with Crippen LogP contribution in [0.3, 0.4) is 0 Å². The molecule has 0 amide bonds. The summed E-state index contributed by atoms with van der Waals surface area (Å²) in [5.74, 6) is -0.710. The fourth-order valence-corrected chi connectivity index (χ4v) is 4.28. The molecule has 128 valence electrons. The van der Waals surface area contributed by atoms with Gasteiger partial charge in [-0.1, -0.05) is 46.3 Å². The van der Waals surface area contributed by atoms with E-state index in [-0.39, 0.29) is 12.3 Å². The van der Waals surface area contributed by atoms with Crippen LogP contribution >= 0.6 is 15.9 Å². The predicted octanol–water partition coefficient (Wildman–Crippen LogP) is 4.07. The molecule has 0 spiro atoms. The molecule has 4 nitrogen and oxygen atoms in total. The van der Waals surface area contributed by atoms with Crippen LogP contribution in [0.25, 0.3) is 10.9 Å². The van der Waals surface area contributed by atoms with Gasteiger partial charge in [-0.2, -0.15) is 0 Å². The molecule has 2 aromatic carbocycles. The van der Waals surface area contributed by atoms with Crippen molar-refractivity contribution in [1.29, 1.82) is 0 Å². The van der Waals surface area contributed by atoms with Crippen LogP contribution < -0.4 is 0 Å². The maximum Gasteiger partial charge on any atom is 0.359 e. The first kappa shape index (κ1) is 16.4.